The Bertz CT molecular complexity index is 369. The SMILES string of the molecule is NCc1c(N)ncc(OC(F)(F)F)c1Br. The van der Waals surface area contributed by atoms with E-state index >= 15 is 0 Å². The summed E-state index contributed by atoms with van der Waals surface area (Å²) in [6.45, 7) is -0.0333. The molecule has 1 aromatic rings. The van der Waals surface area contributed by atoms with Gasteiger partial charge in [-0.15, -0.1) is 13.2 Å². The van der Waals surface area contributed by atoms with E-state index < -0.39 is 12.1 Å². The number of hydrogen-bond donors (Lipinski definition) is 2. The van der Waals surface area contributed by atoms with Gasteiger partial charge in [0.15, 0.2) is 5.75 Å². The molecule has 0 atom stereocenters. The summed E-state index contributed by atoms with van der Waals surface area (Å²) in [5, 5.41) is 0. The minimum atomic E-state index is -4.77. The summed E-state index contributed by atoms with van der Waals surface area (Å²) < 4.78 is 39.5. The highest BCUT2D eigenvalue weighted by Crippen LogP contribution is 2.34. The number of anilines is 1. The molecule has 0 aliphatic heterocycles. The number of pyridine rings is 1. The van der Waals surface area contributed by atoms with E-state index in [-0.39, 0.29) is 22.4 Å². The van der Waals surface area contributed by atoms with Crippen LogP contribution in [0.25, 0.3) is 0 Å². The van der Waals surface area contributed by atoms with Crippen molar-refractivity contribution in [2.75, 3.05) is 5.73 Å². The molecule has 0 saturated carbocycles. The third kappa shape index (κ3) is 2.96. The van der Waals surface area contributed by atoms with Gasteiger partial charge in [0.1, 0.15) is 5.82 Å². The highest BCUT2D eigenvalue weighted by molar-refractivity contribution is 9.10. The summed E-state index contributed by atoms with van der Waals surface area (Å²) in [5.41, 5.74) is 11.0. The molecule has 4 nitrogen and oxygen atoms in total. The highest BCUT2D eigenvalue weighted by Gasteiger charge is 2.32. The van der Waals surface area contributed by atoms with Gasteiger partial charge >= 0.3 is 6.36 Å². The van der Waals surface area contributed by atoms with Crippen molar-refractivity contribution < 1.29 is 17.9 Å². The van der Waals surface area contributed by atoms with Crippen LogP contribution in [0.5, 0.6) is 5.75 Å². The van der Waals surface area contributed by atoms with Crippen molar-refractivity contribution in [3.05, 3.63) is 16.2 Å². The zero-order chi connectivity index (χ0) is 11.6. The van der Waals surface area contributed by atoms with E-state index in [0.717, 1.165) is 6.20 Å². The number of nitrogens with zero attached hydrogens (tertiary/aromatic N) is 1. The summed E-state index contributed by atoms with van der Waals surface area (Å²) in [7, 11) is 0. The van der Waals surface area contributed by atoms with Gasteiger partial charge in [-0.25, -0.2) is 4.98 Å². The third-order valence-corrected chi connectivity index (χ3v) is 2.41. The predicted octanol–water partition coefficient (Wildman–Crippen LogP) is 1.78. The van der Waals surface area contributed by atoms with E-state index in [9.17, 15) is 13.2 Å². The summed E-state index contributed by atoms with van der Waals surface area (Å²) in [6.07, 6.45) is -3.89. The fourth-order valence-electron chi connectivity index (χ4n) is 0.914. The molecule has 0 aromatic carbocycles. The Morgan fingerprint density at radius 3 is 2.53 bits per heavy atom. The van der Waals surface area contributed by atoms with Crippen LogP contribution >= 0.6 is 15.9 Å². The van der Waals surface area contributed by atoms with E-state index in [1.165, 1.54) is 0 Å². The van der Waals surface area contributed by atoms with Crippen LogP contribution in [-0.2, 0) is 6.54 Å². The first-order valence-electron chi connectivity index (χ1n) is 3.74. The Morgan fingerprint density at radius 1 is 1.47 bits per heavy atom. The second-order valence-corrected chi connectivity index (χ2v) is 3.35. The number of ether oxygens (including phenoxy) is 1. The zero-order valence-corrected chi connectivity index (χ0v) is 8.89. The number of hydrogen-bond acceptors (Lipinski definition) is 4. The van der Waals surface area contributed by atoms with E-state index in [2.05, 4.69) is 25.7 Å². The first-order chi connectivity index (χ1) is 6.85. The molecule has 4 N–H and O–H groups in total. The van der Waals surface area contributed by atoms with Gasteiger partial charge in [-0.3, -0.25) is 0 Å². The van der Waals surface area contributed by atoms with E-state index in [1.807, 2.05) is 0 Å². The molecular formula is C7H7BrF3N3O. The lowest BCUT2D eigenvalue weighted by Crippen LogP contribution is -2.18. The monoisotopic (exact) mass is 285 g/mol. The van der Waals surface area contributed by atoms with E-state index in [0.29, 0.717) is 0 Å². The molecule has 0 spiro atoms. The van der Waals surface area contributed by atoms with Crippen molar-refractivity contribution in [1.29, 1.82) is 0 Å². The maximum atomic E-state index is 11.9. The van der Waals surface area contributed by atoms with Gasteiger partial charge < -0.3 is 16.2 Å². The third-order valence-electron chi connectivity index (χ3n) is 1.54. The van der Waals surface area contributed by atoms with Crippen LogP contribution in [0.4, 0.5) is 19.0 Å². The second-order valence-electron chi connectivity index (χ2n) is 2.55. The fraction of sp³-hybridized carbons (Fsp3) is 0.286. The van der Waals surface area contributed by atoms with Gasteiger partial charge in [0.25, 0.3) is 0 Å². The maximum Gasteiger partial charge on any atom is 0.573 e. The van der Waals surface area contributed by atoms with Crippen molar-refractivity contribution in [2.24, 2.45) is 5.73 Å². The number of nitrogens with two attached hydrogens (primary N) is 2. The largest absolute Gasteiger partial charge is 0.573 e. The molecule has 1 heterocycles. The molecule has 0 radical (unpaired) electrons. The van der Waals surface area contributed by atoms with E-state index in [1.54, 1.807) is 0 Å². The number of aromatic nitrogens is 1. The lowest BCUT2D eigenvalue weighted by Gasteiger charge is -2.13. The Labute approximate surface area is 91.5 Å². The van der Waals surface area contributed by atoms with Crippen LogP contribution in [0.15, 0.2) is 10.7 Å². The molecule has 0 fully saturated rings. The second kappa shape index (κ2) is 4.23. The van der Waals surface area contributed by atoms with Crippen molar-refractivity contribution in [3.63, 3.8) is 0 Å². The summed E-state index contributed by atoms with van der Waals surface area (Å²) in [6, 6.07) is 0. The molecule has 0 unspecified atom stereocenters. The Balaban J connectivity index is 3.11. The number of halogens is 4. The summed E-state index contributed by atoms with van der Waals surface area (Å²) in [5.74, 6) is -0.393. The number of nitrogen functional groups attached to an aromatic ring is 1. The molecule has 1 rings (SSSR count). The molecule has 0 aliphatic rings. The average Bonchev–Trinajstić information content (AvgIpc) is 2.09. The smallest absolute Gasteiger partial charge is 0.403 e. The Morgan fingerprint density at radius 2 is 2.07 bits per heavy atom. The highest BCUT2D eigenvalue weighted by atomic mass is 79.9. The average molecular weight is 286 g/mol. The van der Waals surface area contributed by atoms with Crippen LogP contribution < -0.4 is 16.2 Å². The fourth-order valence-corrected chi connectivity index (χ4v) is 1.46. The summed E-state index contributed by atoms with van der Waals surface area (Å²) in [4.78, 5) is 3.54. The molecule has 0 bridgehead atoms. The standard InChI is InChI=1S/C7H7BrF3N3O/c8-5-3(1-12)6(13)14-2-4(5)15-7(9,10)11/h2H,1,12H2,(H2,13,14). The molecule has 15 heavy (non-hydrogen) atoms. The van der Waals surface area contributed by atoms with Crippen LogP contribution in [0, 0.1) is 0 Å². The minimum absolute atomic E-state index is 0.0333. The van der Waals surface area contributed by atoms with Gasteiger partial charge in [0.05, 0.1) is 10.7 Å². The van der Waals surface area contributed by atoms with Crippen LogP contribution in [0.2, 0.25) is 0 Å². The summed E-state index contributed by atoms with van der Waals surface area (Å²) >= 11 is 2.92. The topological polar surface area (TPSA) is 74.2 Å². The van der Waals surface area contributed by atoms with Crippen molar-refractivity contribution in [3.8, 4) is 5.75 Å². The molecule has 84 valence electrons. The van der Waals surface area contributed by atoms with Crippen molar-refractivity contribution in [1.82, 2.24) is 4.98 Å². The molecular weight excluding hydrogens is 279 g/mol. The maximum absolute atomic E-state index is 11.9. The lowest BCUT2D eigenvalue weighted by molar-refractivity contribution is -0.275. The van der Waals surface area contributed by atoms with Gasteiger partial charge in [0.2, 0.25) is 0 Å². The Kier molecular flexibility index (Phi) is 3.40. The van der Waals surface area contributed by atoms with E-state index in [4.69, 9.17) is 11.5 Å². The minimum Gasteiger partial charge on any atom is -0.403 e. The molecule has 0 aliphatic carbocycles. The number of rotatable bonds is 2. The first kappa shape index (κ1) is 12.1. The zero-order valence-electron chi connectivity index (χ0n) is 7.31. The molecule has 0 saturated heterocycles. The Hall–Kier alpha value is -1.02. The molecule has 1 aromatic heterocycles. The number of alkyl halides is 3. The van der Waals surface area contributed by atoms with Crippen LogP contribution in [0.1, 0.15) is 5.56 Å². The van der Waals surface area contributed by atoms with Crippen LogP contribution in [-0.4, -0.2) is 11.3 Å². The first-order valence-corrected chi connectivity index (χ1v) is 4.53. The predicted molar refractivity (Wildman–Crippen MR) is 50.9 cm³/mol. The van der Waals surface area contributed by atoms with Gasteiger partial charge in [-0.2, -0.15) is 0 Å². The van der Waals surface area contributed by atoms with Crippen LogP contribution in [0.3, 0.4) is 0 Å². The molecule has 8 heteroatoms. The lowest BCUT2D eigenvalue weighted by atomic mass is 10.2. The van der Waals surface area contributed by atoms with Gasteiger partial charge in [0, 0.05) is 12.1 Å². The van der Waals surface area contributed by atoms with Crippen molar-refractivity contribution >= 4 is 21.7 Å². The van der Waals surface area contributed by atoms with Gasteiger partial charge in [-0.1, -0.05) is 0 Å². The van der Waals surface area contributed by atoms with Gasteiger partial charge in [-0.05, 0) is 15.9 Å². The molecule has 0 amide bonds. The normalized spacial score (nSPS) is 11.5. The quantitative estimate of drug-likeness (QED) is 0.869. The van der Waals surface area contributed by atoms with Crippen molar-refractivity contribution in [2.45, 2.75) is 12.9 Å².